The number of hydrogen-bond donors (Lipinski definition) is 0. The van der Waals surface area contributed by atoms with E-state index in [4.69, 9.17) is 14.5 Å². The number of benzene rings is 2. The van der Waals surface area contributed by atoms with Gasteiger partial charge in [-0.15, -0.1) is 0 Å². The van der Waals surface area contributed by atoms with Crippen molar-refractivity contribution in [2.75, 3.05) is 11.4 Å². The molecular formula is C28H32N2O4. The second-order valence-corrected chi connectivity index (χ2v) is 9.30. The van der Waals surface area contributed by atoms with Crippen LogP contribution in [0.4, 0.5) is 5.82 Å². The first kappa shape index (κ1) is 23.7. The molecule has 0 N–H and O–H groups in total. The standard InChI is InChI=1S/C28H32N2O4/c1-8-30(24-15-16(2)21-11-9-10-12-23(21)29-24)27(32)28(7)14-13-22-19(5)25(33-20(6)31)17(3)18(4)26(22)34-28/h9-12,15H,8,13-14H2,1-7H3. The molecule has 1 amide bonds. The number of fused-ring (bicyclic) bond motifs is 2. The van der Waals surface area contributed by atoms with Crippen molar-refractivity contribution in [3.8, 4) is 11.5 Å². The van der Waals surface area contributed by atoms with Gasteiger partial charge in [0.15, 0.2) is 5.60 Å². The van der Waals surface area contributed by atoms with E-state index in [2.05, 4.69) is 0 Å². The molecule has 2 heterocycles. The van der Waals surface area contributed by atoms with Crippen LogP contribution in [0, 0.1) is 27.7 Å². The van der Waals surface area contributed by atoms with Crippen molar-refractivity contribution in [2.45, 2.75) is 66.9 Å². The lowest BCUT2D eigenvalue weighted by Crippen LogP contribution is -2.53. The zero-order chi connectivity index (χ0) is 24.8. The average molecular weight is 461 g/mol. The van der Waals surface area contributed by atoms with Gasteiger partial charge >= 0.3 is 5.97 Å². The maximum absolute atomic E-state index is 13.9. The summed E-state index contributed by atoms with van der Waals surface area (Å²) < 4.78 is 12.0. The zero-order valence-corrected chi connectivity index (χ0v) is 21.0. The highest BCUT2D eigenvalue weighted by Gasteiger charge is 2.43. The number of carbonyl (C=O) groups is 2. The SMILES string of the molecule is CCN(C(=O)C1(C)CCc2c(C)c(OC(C)=O)c(C)c(C)c2O1)c1cc(C)c2ccccc2n1. The Kier molecular flexibility index (Phi) is 6.11. The molecule has 178 valence electrons. The Balaban J connectivity index is 1.72. The molecular weight excluding hydrogens is 428 g/mol. The van der Waals surface area contributed by atoms with Crippen LogP contribution < -0.4 is 14.4 Å². The second kappa shape index (κ2) is 8.75. The molecule has 0 saturated heterocycles. The number of carbonyl (C=O) groups excluding carboxylic acids is 2. The summed E-state index contributed by atoms with van der Waals surface area (Å²) in [5.41, 5.74) is 4.53. The number of aromatic nitrogens is 1. The Labute approximate surface area is 200 Å². The van der Waals surface area contributed by atoms with E-state index in [1.165, 1.54) is 6.92 Å². The van der Waals surface area contributed by atoms with Crippen LogP contribution in [-0.2, 0) is 16.0 Å². The predicted molar refractivity (Wildman–Crippen MR) is 134 cm³/mol. The van der Waals surface area contributed by atoms with Crippen LogP contribution in [0.3, 0.4) is 0 Å². The van der Waals surface area contributed by atoms with E-state index >= 15 is 0 Å². The van der Waals surface area contributed by atoms with Crippen LogP contribution in [0.2, 0.25) is 0 Å². The lowest BCUT2D eigenvalue weighted by atomic mass is 9.86. The second-order valence-electron chi connectivity index (χ2n) is 9.30. The predicted octanol–water partition coefficient (Wildman–Crippen LogP) is 5.53. The van der Waals surface area contributed by atoms with Crippen molar-refractivity contribution in [2.24, 2.45) is 0 Å². The van der Waals surface area contributed by atoms with E-state index in [0.717, 1.165) is 38.7 Å². The van der Waals surface area contributed by atoms with Crippen molar-refractivity contribution in [3.63, 3.8) is 0 Å². The number of anilines is 1. The van der Waals surface area contributed by atoms with Gasteiger partial charge in [-0.3, -0.25) is 14.5 Å². The summed E-state index contributed by atoms with van der Waals surface area (Å²) >= 11 is 0. The summed E-state index contributed by atoms with van der Waals surface area (Å²) in [5.74, 6) is 1.48. The Morgan fingerprint density at radius 1 is 1.12 bits per heavy atom. The summed E-state index contributed by atoms with van der Waals surface area (Å²) in [6, 6.07) is 9.92. The molecule has 0 bridgehead atoms. The average Bonchev–Trinajstić information content (AvgIpc) is 2.80. The fourth-order valence-electron chi connectivity index (χ4n) is 4.85. The van der Waals surface area contributed by atoms with Crippen molar-refractivity contribution in [3.05, 3.63) is 58.1 Å². The molecule has 0 spiro atoms. The van der Waals surface area contributed by atoms with Crippen molar-refractivity contribution in [1.29, 1.82) is 0 Å². The van der Waals surface area contributed by atoms with E-state index in [9.17, 15) is 9.59 Å². The third-order valence-electron chi connectivity index (χ3n) is 6.94. The van der Waals surface area contributed by atoms with Crippen molar-refractivity contribution in [1.82, 2.24) is 4.98 Å². The van der Waals surface area contributed by atoms with Gasteiger partial charge in [0.05, 0.1) is 5.52 Å². The normalized spacial score (nSPS) is 17.1. The van der Waals surface area contributed by atoms with Gasteiger partial charge in [0.1, 0.15) is 17.3 Å². The molecule has 6 heteroatoms. The monoisotopic (exact) mass is 460 g/mol. The van der Waals surface area contributed by atoms with Crippen LogP contribution in [0.25, 0.3) is 10.9 Å². The molecule has 2 aromatic carbocycles. The molecule has 0 aliphatic carbocycles. The highest BCUT2D eigenvalue weighted by Crippen LogP contribution is 2.44. The van der Waals surface area contributed by atoms with Crippen LogP contribution in [-0.4, -0.2) is 29.0 Å². The highest BCUT2D eigenvalue weighted by atomic mass is 16.5. The molecule has 3 aromatic rings. The van der Waals surface area contributed by atoms with E-state index in [-0.39, 0.29) is 11.9 Å². The zero-order valence-electron chi connectivity index (χ0n) is 21.0. The summed E-state index contributed by atoms with van der Waals surface area (Å²) in [7, 11) is 0. The molecule has 0 saturated carbocycles. The fourth-order valence-corrected chi connectivity index (χ4v) is 4.85. The third-order valence-corrected chi connectivity index (χ3v) is 6.94. The van der Waals surface area contributed by atoms with Gasteiger partial charge in [0.25, 0.3) is 5.91 Å². The van der Waals surface area contributed by atoms with Gasteiger partial charge in [0.2, 0.25) is 0 Å². The lowest BCUT2D eigenvalue weighted by Gasteiger charge is -2.39. The van der Waals surface area contributed by atoms with Crippen LogP contribution in [0.5, 0.6) is 11.5 Å². The largest absolute Gasteiger partial charge is 0.477 e. The van der Waals surface area contributed by atoms with Gasteiger partial charge < -0.3 is 9.47 Å². The first-order valence-corrected chi connectivity index (χ1v) is 11.8. The Morgan fingerprint density at radius 3 is 2.50 bits per heavy atom. The number of hydrogen-bond acceptors (Lipinski definition) is 5. The number of rotatable bonds is 4. The molecule has 34 heavy (non-hydrogen) atoms. The molecule has 0 radical (unpaired) electrons. The van der Waals surface area contributed by atoms with Gasteiger partial charge in [0, 0.05) is 30.8 Å². The van der Waals surface area contributed by atoms with Gasteiger partial charge in [-0.25, -0.2) is 4.98 Å². The maximum Gasteiger partial charge on any atom is 0.308 e. The summed E-state index contributed by atoms with van der Waals surface area (Å²) in [6.45, 7) is 13.5. The van der Waals surface area contributed by atoms with E-state index in [1.54, 1.807) is 4.90 Å². The number of ether oxygens (including phenoxy) is 2. The molecule has 1 aliphatic heterocycles. The van der Waals surface area contributed by atoms with Gasteiger partial charge in [-0.05, 0) is 82.3 Å². The van der Waals surface area contributed by atoms with Crippen molar-refractivity contribution < 1.29 is 19.1 Å². The van der Waals surface area contributed by atoms with Crippen LogP contribution in [0.1, 0.15) is 55.0 Å². The minimum atomic E-state index is -1.03. The molecule has 0 fully saturated rings. The number of aryl methyl sites for hydroxylation is 1. The first-order valence-electron chi connectivity index (χ1n) is 11.8. The minimum Gasteiger partial charge on any atom is -0.477 e. The number of pyridine rings is 1. The third kappa shape index (κ3) is 3.91. The molecule has 4 rings (SSSR count). The molecule has 1 unspecified atom stereocenters. The number of amides is 1. The highest BCUT2D eigenvalue weighted by molar-refractivity contribution is 6.00. The van der Waals surface area contributed by atoms with Crippen LogP contribution in [0.15, 0.2) is 30.3 Å². The Morgan fingerprint density at radius 2 is 1.82 bits per heavy atom. The number of esters is 1. The van der Waals surface area contributed by atoms with Gasteiger partial charge in [-0.1, -0.05) is 18.2 Å². The molecule has 1 aromatic heterocycles. The van der Waals surface area contributed by atoms with E-state index in [0.29, 0.717) is 36.7 Å². The Bertz CT molecular complexity index is 1310. The first-order chi connectivity index (χ1) is 16.1. The summed E-state index contributed by atoms with van der Waals surface area (Å²) in [4.78, 5) is 32.0. The molecule has 6 nitrogen and oxygen atoms in total. The molecule has 1 atom stereocenters. The smallest absolute Gasteiger partial charge is 0.308 e. The minimum absolute atomic E-state index is 0.110. The number of likely N-dealkylation sites (N-methyl/N-ethyl adjacent to an activating group) is 1. The number of nitrogens with zero attached hydrogens (tertiary/aromatic N) is 2. The maximum atomic E-state index is 13.9. The van der Waals surface area contributed by atoms with E-state index in [1.807, 2.05) is 71.9 Å². The van der Waals surface area contributed by atoms with Gasteiger partial charge in [-0.2, -0.15) is 0 Å². The van der Waals surface area contributed by atoms with Crippen molar-refractivity contribution >= 4 is 28.6 Å². The Hall–Kier alpha value is -3.41. The molecule has 1 aliphatic rings. The number of para-hydroxylation sites is 1. The summed E-state index contributed by atoms with van der Waals surface area (Å²) in [5, 5.41) is 1.08. The lowest BCUT2D eigenvalue weighted by molar-refractivity contribution is -0.134. The summed E-state index contributed by atoms with van der Waals surface area (Å²) in [6.07, 6.45) is 1.17. The van der Waals surface area contributed by atoms with Crippen LogP contribution >= 0.6 is 0 Å². The fraction of sp³-hybridized carbons (Fsp3) is 0.393. The topological polar surface area (TPSA) is 68.7 Å². The van der Waals surface area contributed by atoms with E-state index < -0.39 is 5.60 Å². The quantitative estimate of drug-likeness (QED) is 0.378.